The van der Waals surface area contributed by atoms with Crippen LogP contribution in [0.4, 0.5) is 0 Å². The van der Waals surface area contributed by atoms with E-state index < -0.39 is 9.84 Å². The molecule has 1 aromatic rings. The SMILES string of the molecule is CS(=O)(=O)C#Cc1ccccc1I. The van der Waals surface area contributed by atoms with Gasteiger partial charge in [0.2, 0.25) is 9.84 Å². The summed E-state index contributed by atoms with van der Waals surface area (Å²) in [6, 6.07) is 7.38. The monoisotopic (exact) mass is 306 g/mol. The van der Waals surface area contributed by atoms with Crippen molar-refractivity contribution in [2.24, 2.45) is 0 Å². The van der Waals surface area contributed by atoms with E-state index in [0.29, 0.717) is 0 Å². The lowest BCUT2D eigenvalue weighted by atomic mass is 10.2. The van der Waals surface area contributed by atoms with Gasteiger partial charge < -0.3 is 0 Å². The molecular formula is C9H7IO2S. The van der Waals surface area contributed by atoms with Gasteiger partial charge in [-0.15, -0.1) is 0 Å². The van der Waals surface area contributed by atoms with Gasteiger partial charge in [-0.05, 0) is 40.6 Å². The molecule has 0 unspecified atom stereocenters. The summed E-state index contributed by atoms with van der Waals surface area (Å²) < 4.78 is 22.4. The first kappa shape index (κ1) is 10.5. The zero-order valence-electron chi connectivity index (χ0n) is 6.91. The van der Waals surface area contributed by atoms with Crippen LogP contribution in [-0.2, 0) is 9.84 Å². The molecule has 68 valence electrons. The average Bonchev–Trinajstić information content (AvgIpc) is 2.01. The molecule has 0 aliphatic heterocycles. The molecule has 0 heterocycles. The largest absolute Gasteiger partial charge is 0.216 e. The summed E-state index contributed by atoms with van der Waals surface area (Å²) in [4.78, 5) is 0. The Bertz CT molecular complexity index is 466. The smallest absolute Gasteiger partial charge is 0.214 e. The van der Waals surface area contributed by atoms with Crippen LogP contribution in [0.15, 0.2) is 24.3 Å². The quantitative estimate of drug-likeness (QED) is 0.539. The zero-order chi connectivity index (χ0) is 9.90. The molecule has 4 heteroatoms. The van der Waals surface area contributed by atoms with E-state index in [4.69, 9.17) is 0 Å². The third kappa shape index (κ3) is 3.79. The highest BCUT2D eigenvalue weighted by Gasteiger charge is 1.95. The van der Waals surface area contributed by atoms with Crippen molar-refractivity contribution in [2.45, 2.75) is 0 Å². The van der Waals surface area contributed by atoms with E-state index in [1.54, 1.807) is 6.07 Å². The van der Waals surface area contributed by atoms with Crippen molar-refractivity contribution in [2.75, 3.05) is 6.26 Å². The van der Waals surface area contributed by atoms with E-state index in [0.717, 1.165) is 15.4 Å². The first-order valence-electron chi connectivity index (χ1n) is 3.46. The maximum atomic E-state index is 10.7. The molecule has 0 aromatic heterocycles. The predicted molar refractivity (Wildman–Crippen MR) is 60.9 cm³/mol. The van der Waals surface area contributed by atoms with Crippen LogP contribution in [0.3, 0.4) is 0 Å². The minimum Gasteiger partial charge on any atom is -0.216 e. The summed E-state index contributed by atoms with van der Waals surface area (Å²) in [6.45, 7) is 0. The minimum atomic E-state index is -3.20. The fourth-order valence-corrected chi connectivity index (χ4v) is 1.53. The van der Waals surface area contributed by atoms with Crippen LogP contribution in [0.25, 0.3) is 0 Å². The maximum Gasteiger partial charge on any atom is 0.214 e. The predicted octanol–water partition coefficient (Wildman–Crippen LogP) is 1.64. The number of rotatable bonds is 0. The fraction of sp³-hybridized carbons (Fsp3) is 0.111. The summed E-state index contributed by atoms with van der Waals surface area (Å²) in [5.41, 5.74) is 0.744. The first-order valence-corrected chi connectivity index (χ1v) is 6.43. The van der Waals surface area contributed by atoms with Gasteiger partial charge in [0.05, 0.1) is 6.26 Å². The summed E-state index contributed by atoms with van der Waals surface area (Å²) in [7, 11) is -3.20. The lowest BCUT2D eigenvalue weighted by Gasteiger charge is -1.92. The molecule has 1 aromatic carbocycles. The Hall–Kier alpha value is -0.540. The van der Waals surface area contributed by atoms with Gasteiger partial charge in [0, 0.05) is 14.4 Å². The molecule has 0 fully saturated rings. The molecule has 0 N–H and O–H groups in total. The Balaban J connectivity index is 3.11. The second-order valence-electron chi connectivity index (χ2n) is 2.48. The molecule has 0 atom stereocenters. The van der Waals surface area contributed by atoms with Crippen LogP contribution in [0, 0.1) is 14.7 Å². The van der Waals surface area contributed by atoms with Gasteiger partial charge in [0.1, 0.15) is 0 Å². The number of hydrogen-bond donors (Lipinski definition) is 0. The number of halogens is 1. The Morgan fingerprint density at radius 1 is 1.31 bits per heavy atom. The second-order valence-corrected chi connectivity index (χ2v) is 5.39. The average molecular weight is 306 g/mol. The van der Waals surface area contributed by atoms with E-state index in [2.05, 4.69) is 33.8 Å². The maximum absolute atomic E-state index is 10.7. The number of sulfone groups is 1. The van der Waals surface area contributed by atoms with Crippen LogP contribution < -0.4 is 0 Å². The molecule has 0 spiro atoms. The van der Waals surface area contributed by atoms with Crippen LogP contribution in [0.1, 0.15) is 5.56 Å². The Kier molecular flexibility index (Phi) is 3.33. The second kappa shape index (κ2) is 4.11. The van der Waals surface area contributed by atoms with Crippen molar-refractivity contribution in [3.05, 3.63) is 33.4 Å². The molecule has 0 amide bonds. The summed E-state index contributed by atoms with van der Waals surface area (Å²) in [5, 5.41) is 2.20. The standard InChI is InChI=1S/C9H7IO2S/c1-13(11,12)7-6-8-4-2-3-5-9(8)10/h2-5H,1H3. The fourth-order valence-electron chi connectivity index (χ4n) is 0.710. The molecule has 0 aliphatic carbocycles. The minimum absolute atomic E-state index is 0.744. The first-order chi connectivity index (χ1) is 5.99. The molecule has 0 saturated heterocycles. The third-order valence-electron chi connectivity index (χ3n) is 1.24. The van der Waals surface area contributed by atoms with Gasteiger partial charge in [-0.3, -0.25) is 0 Å². The van der Waals surface area contributed by atoms with Crippen molar-refractivity contribution in [3.63, 3.8) is 0 Å². The van der Waals surface area contributed by atoms with E-state index >= 15 is 0 Å². The molecule has 0 radical (unpaired) electrons. The van der Waals surface area contributed by atoms with Crippen LogP contribution in [0.5, 0.6) is 0 Å². The Labute approximate surface area is 91.4 Å². The van der Waals surface area contributed by atoms with Crippen molar-refractivity contribution < 1.29 is 8.42 Å². The van der Waals surface area contributed by atoms with E-state index in [1.165, 1.54) is 0 Å². The topological polar surface area (TPSA) is 34.1 Å². The van der Waals surface area contributed by atoms with E-state index in [1.807, 2.05) is 18.2 Å². The molecular weight excluding hydrogens is 299 g/mol. The summed E-state index contributed by atoms with van der Waals surface area (Å²) >= 11 is 2.11. The summed E-state index contributed by atoms with van der Waals surface area (Å²) in [5.74, 6) is 2.61. The van der Waals surface area contributed by atoms with E-state index in [9.17, 15) is 8.42 Å². The highest BCUT2D eigenvalue weighted by Crippen LogP contribution is 2.09. The van der Waals surface area contributed by atoms with E-state index in [-0.39, 0.29) is 0 Å². The lowest BCUT2D eigenvalue weighted by Crippen LogP contribution is -1.89. The molecule has 1 rings (SSSR count). The normalized spacial score (nSPS) is 10.3. The molecule has 0 aliphatic rings. The van der Waals surface area contributed by atoms with Crippen molar-refractivity contribution in [3.8, 4) is 11.2 Å². The highest BCUT2D eigenvalue weighted by molar-refractivity contribution is 14.1. The van der Waals surface area contributed by atoms with Gasteiger partial charge in [0.15, 0.2) is 0 Å². The lowest BCUT2D eigenvalue weighted by molar-refractivity contribution is 0.611. The van der Waals surface area contributed by atoms with Gasteiger partial charge in [0.25, 0.3) is 0 Å². The highest BCUT2D eigenvalue weighted by atomic mass is 127. The van der Waals surface area contributed by atoms with Gasteiger partial charge in [-0.2, -0.15) is 0 Å². The molecule has 0 bridgehead atoms. The zero-order valence-corrected chi connectivity index (χ0v) is 9.89. The van der Waals surface area contributed by atoms with Gasteiger partial charge >= 0.3 is 0 Å². The van der Waals surface area contributed by atoms with Crippen molar-refractivity contribution in [1.82, 2.24) is 0 Å². The van der Waals surface area contributed by atoms with Crippen LogP contribution >= 0.6 is 22.6 Å². The Morgan fingerprint density at radius 3 is 2.46 bits per heavy atom. The summed E-state index contributed by atoms with van der Waals surface area (Å²) in [6.07, 6.45) is 1.09. The Morgan fingerprint density at radius 2 is 1.92 bits per heavy atom. The molecule has 13 heavy (non-hydrogen) atoms. The molecule has 2 nitrogen and oxygen atoms in total. The third-order valence-corrected chi connectivity index (χ3v) is 2.66. The van der Waals surface area contributed by atoms with Crippen LogP contribution in [-0.4, -0.2) is 14.7 Å². The number of benzene rings is 1. The number of hydrogen-bond acceptors (Lipinski definition) is 2. The van der Waals surface area contributed by atoms with Crippen molar-refractivity contribution >= 4 is 32.4 Å². The van der Waals surface area contributed by atoms with Crippen LogP contribution in [0.2, 0.25) is 0 Å². The van der Waals surface area contributed by atoms with Gasteiger partial charge in [-0.1, -0.05) is 12.1 Å². The molecule has 0 saturated carbocycles. The van der Waals surface area contributed by atoms with Gasteiger partial charge in [-0.25, -0.2) is 8.42 Å². The van der Waals surface area contributed by atoms with Crippen molar-refractivity contribution in [1.29, 1.82) is 0 Å².